The lowest BCUT2D eigenvalue weighted by atomic mass is 9.92. The minimum atomic E-state index is -1.07. The Kier molecular flexibility index (Phi) is 2.42. The molecule has 0 fully saturated rings. The van der Waals surface area contributed by atoms with Gasteiger partial charge in [0.15, 0.2) is 0 Å². The number of rotatable bonds is 2. The fraction of sp³-hybridized carbons (Fsp3) is 0.545. The van der Waals surface area contributed by atoms with E-state index in [2.05, 4.69) is 9.97 Å². The van der Waals surface area contributed by atoms with Crippen molar-refractivity contribution in [2.45, 2.75) is 39.4 Å². The molecule has 1 aromatic rings. The van der Waals surface area contributed by atoms with Crippen LogP contribution in [-0.4, -0.2) is 21.0 Å². The molecule has 5 nitrogen and oxygen atoms in total. The first-order valence-electron chi connectivity index (χ1n) is 5.11. The molecule has 1 aliphatic rings. The van der Waals surface area contributed by atoms with Gasteiger partial charge < -0.3 is 9.84 Å². The third kappa shape index (κ3) is 1.57. The van der Waals surface area contributed by atoms with Crippen LogP contribution in [0, 0.1) is 6.92 Å². The topological polar surface area (TPSA) is 72.3 Å². The van der Waals surface area contributed by atoms with Crippen molar-refractivity contribution in [3.05, 3.63) is 22.8 Å². The van der Waals surface area contributed by atoms with E-state index in [1.165, 1.54) is 0 Å². The number of aliphatic carboxylic acids is 1. The average molecular weight is 222 g/mol. The molecule has 86 valence electrons. The van der Waals surface area contributed by atoms with Gasteiger partial charge in [-0.2, -0.15) is 0 Å². The predicted octanol–water partition coefficient (Wildman–Crippen LogP) is 1.18. The molecule has 0 aliphatic carbocycles. The number of ether oxygens (including phenoxy) is 1. The van der Waals surface area contributed by atoms with Crippen molar-refractivity contribution in [3.8, 4) is 0 Å². The van der Waals surface area contributed by atoms with E-state index in [-0.39, 0.29) is 0 Å². The van der Waals surface area contributed by atoms with Crippen LogP contribution in [0.25, 0.3) is 0 Å². The highest BCUT2D eigenvalue weighted by Gasteiger charge is 2.34. The molecule has 0 radical (unpaired) electrons. The van der Waals surface area contributed by atoms with Crippen molar-refractivity contribution in [1.82, 2.24) is 9.97 Å². The molecule has 0 saturated heterocycles. The number of hydrogen-bond donors (Lipinski definition) is 1. The first-order valence-corrected chi connectivity index (χ1v) is 5.11. The molecule has 0 atom stereocenters. The number of aryl methyl sites for hydroxylation is 1. The molecule has 0 spiro atoms. The molecule has 0 bridgehead atoms. The summed E-state index contributed by atoms with van der Waals surface area (Å²) in [6.07, 6.45) is 0. The molecule has 1 aliphatic heterocycles. The third-order valence-corrected chi connectivity index (χ3v) is 2.88. The van der Waals surface area contributed by atoms with Gasteiger partial charge in [-0.3, -0.25) is 4.79 Å². The van der Waals surface area contributed by atoms with E-state index in [9.17, 15) is 4.79 Å². The maximum absolute atomic E-state index is 11.1. The second-order valence-corrected chi connectivity index (χ2v) is 4.48. The summed E-state index contributed by atoms with van der Waals surface area (Å²) in [5.74, 6) is -0.576. The van der Waals surface area contributed by atoms with Gasteiger partial charge in [0, 0.05) is 11.3 Å². The Morgan fingerprint density at radius 2 is 2.06 bits per heavy atom. The summed E-state index contributed by atoms with van der Waals surface area (Å²) in [5, 5.41) is 9.12. The standard InChI is InChI=1S/C11H14N2O3/c1-6-7-4-16-5-8(7)13-9(12-6)11(2,3)10(14)15/h4-5H2,1-3H3,(H,14,15). The Bertz CT molecular complexity index is 455. The van der Waals surface area contributed by atoms with Crippen LogP contribution in [0.5, 0.6) is 0 Å². The Hall–Kier alpha value is -1.49. The fourth-order valence-electron chi connectivity index (χ4n) is 1.59. The van der Waals surface area contributed by atoms with Gasteiger partial charge in [0.2, 0.25) is 0 Å². The summed E-state index contributed by atoms with van der Waals surface area (Å²) in [6.45, 7) is 6.03. The largest absolute Gasteiger partial charge is 0.481 e. The number of carboxylic acid groups (broad SMARTS) is 1. The van der Waals surface area contributed by atoms with Crippen molar-refractivity contribution in [1.29, 1.82) is 0 Å². The molecule has 0 aromatic carbocycles. The first-order chi connectivity index (χ1) is 7.43. The van der Waals surface area contributed by atoms with E-state index < -0.39 is 11.4 Å². The smallest absolute Gasteiger partial charge is 0.316 e. The zero-order valence-corrected chi connectivity index (χ0v) is 9.57. The fourth-order valence-corrected chi connectivity index (χ4v) is 1.59. The van der Waals surface area contributed by atoms with Gasteiger partial charge >= 0.3 is 5.97 Å². The van der Waals surface area contributed by atoms with Crippen LogP contribution in [0.3, 0.4) is 0 Å². The number of aromatic nitrogens is 2. The lowest BCUT2D eigenvalue weighted by Gasteiger charge is -2.18. The lowest BCUT2D eigenvalue weighted by Crippen LogP contribution is -2.31. The van der Waals surface area contributed by atoms with Crippen LogP contribution in [0.2, 0.25) is 0 Å². The van der Waals surface area contributed by atoms with Gasteiger partial charge in [0.25, 0.3) is 0 Å². The van der Waals surface area contributed by atoms with E-state index in [1.54, 1.807) is 13.8 Å². The number of nitrogens with zero attached hydrogens (tertiary/aromatic N) is 2. The predicted molar refractivity (Wildman–Crippen MR) is 55.9 cm³/mol. The average Bonchev–Trinajstić information content (AvgIpc) is 2.65. The highest BCUT2D eigenvalue weighted by Crippen LogP contribution is 2.25. The Morgan fingerprint density at radius 1 is 1.38 bits per heavy atom. The first kappa shape index (κ1) is 11.0. The molecule has 1 aromatic heterocycles. The minimum absolute atomic E-state index is 0.349. The summed E-state index contributed by atoms with van der Waals surface area (Å²) in [5.41, 5.74) is 1.55. The highest BCUT2D eigenvalue weighted by molar-refractivity contribution is 5.79. The van der Waals surface area contributed by atoms with Gasteiger partial charge in [0.05, 0.1) is 18.9 Å². The van der Waals surface area contributed by atoms with Crippen molar-refractivity contribution >= 4 is 5.97 Å². The Balaban J connectivity index is 2.52. The van der Waals surface area contributed by atoms with E-state index in [0.717, 1.165) is 17.0 Å². The zero-order chi connectivity index (χ0) is 11.9. The Labute approximate surface area is 93.5 Å². The molecular formula is C11H14N2O3. The summed E-state index contributed by atoms with van der Waals surface area (Å²) in [4.78, 5) is 19.7. The van der Waals surface area contributed by atoms with Crippen LogP contribution in [0.4, 0.5) is 0 Å². The van der Waals surface area contributed by atoms with Crippen LogP contribution in [0.1, 0.15) is 36.6 Å². The van der Waals surface area contributed by atoms with Gasteiger partial charge in [0.1, 0.15) is 11.2 Å². The normalized spacial score (nSPS) is 14.9. The molecule has 1 N–H and O–H groups in total. The second kappa shape index (κ2) is 3.52. The van der Waals surface area contributed by atoms with E-state index in [0.29, 0.717) is 19.0 Å². The van der Waals surface area contributed by atoms with Crippen LogP contribution >= 0.6 is 0 Å². The van der Waals surface area contributed by atoms with Gasteiger partial charge in [-0.25, -0.2) is 9.97 Å². The van der Waals surface area contributed by atoms with Gasteiger partial charge in [-0.1, -0.05) is 0 Å². The SMILES string of the molecule is Cc1nc(C(C)(C)C(=O)O)nc2c1COC2. The van der Waals surface area contributed by atoms with Gasteiger partial charge in [-0.15, -0.1) is 0 Å². The summed E-state index contributed by atoms with van der Waals surface area (Å²) >= 11 is 0. The maximum Gasteiger partial charge on any atom is 0.316 e. The van der Waals surface area contributed by atoms with E-state index in [4.69, 9.17) is 9.84 Å². The molecule has 2 rings (SSSR count). The minimum Gasteiger partial charge on any atom is -0.481 e. The second-order valence-electron chi connectivity index (χ2n) is 4.48. The van der Waals surface area contributed by atoms with Crippen LogP contribution in [0.15, 0.2) is 0 Å². The summed E-state index contributed by atoms with van der Waals surface area (Å²) in [6, 6.07) is 0. The molecule has 0 unspecified atom stereocenters. The number of carbonyl (C=O) groups is 1. The number of carboxylic acids is 1. The van der Waals surface area contributed by atoms with Crippen LogP contribution in [-0.2, 0) is 28.2 Å². The number of fused-ring (bicyclic) bond motifs is 1. The lowest BCUT2D eigenvalue weighted by molar-refractivity contribution is -0.142. The van der Waals surface area contributed by atoms with Crippen molar-refractivity contribution in [2.24, 2.45) is 0 Å². The highest BCUT2D eigenvalue weighted by atomic mass is 16.5. The Morgan fingerprint density at radius 3 is 2.69 bits per heavy atom. The molecule has 16 heavy (non-hydrogen) atoms. The quantitative estimate of drug-likeness (QED) is 0.813. The van der Waals surface area contributed by atoms with Crippen LogP contribution < -0.4 is 0 Å². The van der Waals surface area contributed by atoms with Gasteiger partial charge in [-0.05, 0) is 20.8 Å². The van der Waals surface area contributed by atoms with E-state index >= 15 is 0 Å². The van der Waals surface area contributed by atoms with Crippen molar-refractivity contribution in [2.75, 3.05) is 0 Å². The molecule has 0 amide bonds. The van der Waals surface area contributed by atoms with E-state index in [1.807, 2.05) is 6.92 Å². The third-order valence-electron chi connectivity index (χ3n) is 2.88. The molecular weight excluding hydrogens is 208 g/mol. The van der Waals surface area contributed by atoms with Crippen molar-refractivity contribution in [3.63, 3.8) is 0 Å². The summed E-state index contributed by atoms with van der Waals surface area (Å²) < 4.78 is 5.27. The summed E-state index contributed by atoms with van der Waals surface area (Å²) in [7, 11) is 0. The zero-order valence-electron chi connectivity index (χ0n) is 9.57. The monoisotopic (exact) mass is 222 g/mol. The molecule has 5 heteroatoms. The number of hydrogen-bond acceptors (Lipinski definition) is 4. The van der Waals surface area contributed by atoms with Crippen molar-refractivity contribution < 1.29 is 14.6 Å². The molecule has 0 saturated carbocycles. The molecule has 2 heterocycles. The maximum atomic E-state index is 11.1.